The van der Waals surface area contributed by atoms with Crippen LogP contribution in [0.4, 0.5) is 0 Å². The van der Waals surface area contributed by atoms with Crippen LogP contribution in [0.5, 0.6) is 0 Å². The van der Waals surface area contributed by atoms with Crippen LogP contribution in [-0.4, -0.2) is 52.3 Å². The van der Waals surface area contributed by atoms with Crippen molar-refractivity contribution in [2.75, 3.05) is 26.0 Å². The number of nitrogens with one attached hydrogen (secondary N) is 1. The second kappa shape index (κ2) is 5.54. The zero-order valence-corrected chi connectivity index (χ0v) is 11.4. The minimum absolute atomic E-state index is 0.474. The summed E-state index contributed by atoms with van der Waals surface area (Å²) in [5, 5.41) is 16.3. The standard InChI is InChI=1S/C11H19N5OS/c1-12-10(8-4-5-17-6-8)7-18-11-13-14-15-16(11)9-2-3-9/h8-10,12H,2-7H2,1H3. The summed E-state index contributed by atoms with van der Waals surface area (Å²) < 4.78 is 7.43. The van der Waals surface area contributed by atoms with Crippen LogP contribution >= 0.6 is 11.8 Å². The molecule has 0 bridgehead atoms. The summed E-state index contributed by atoms with van der Waals surface area (Å²) in [6, 6.07) is 1.02. The average Bonchev–Trinajstić information content (AvgIpc) is 2.92. The van der Waals surface area contributed by atoms with Crippen molar-refractivity contribution < 1.29 is 4.74 Å². The molecule has 7 heteroatoms. The third kappa shape index (κ3) is 2.67. The molecular formula is C11H19N5OS. The van der Waals surface area contributed by atoms with Gasteiger partial charge in [-0.05, 0) is 36.7 Å². The summed E-state index contributed by atoms with van der Waals surface area (Å²) in [6.45, 7) is 1.77. The van der Waals surface area contributed by atoms with Crippen LogP contribution in [-0.2, 0) is 4.74 Å². The zero-order valence-electron chi connectivity index (χ0n) is 10.6. The first-order chi connectivity index (χ1) is 8.88. The van der Waals surface area contributed by atoms with Gasteiger partial charge in [0, 0.05) is 24.3 Å². The Hall–Kier alpha value is -0.660. The summed E-state index contributed by atoms with van der Waals surface area (Å²) in [7, 11) is 2.02. The number of aromatic nitrogens is 4. The van der Waals surface area contributed by atoms with Gasteiger partial charge in [0.2, 0.25) is 5.16 Å². The second-order valence-electron chi connectivity index (χ2n) is 4.97. The van der Waals surface area contributed by atoms with Crippen molar-refractivity contribution in [3.63, 3.8) is 0 Å². The molecule has 100 valence electrons. The number of hydrogen-bond donors (Lipinski definition) is 1. The van der Waals surface area contributed by atoms with Crippen LogP contribution < -0.4 is 5.32 Å². The Labute approximate surface area is 111 Å². The maximum atomic E-state index is 5.45. The normalized spacial score (nSPS) is 25.5. The van der Waals surface area contributed by atoms with E-state index in [1.807, 2.05) is 11.7 Å². The van der Waals surface area contributed by atoms with E-state index in [0.717, 1.165) is 30.5 Å². The topological polar surface area (TPSA) is 64.9 Å². The maximum absolute atomic E-state index is 5.45. The smallest absolute Gasteiger partial charge is 0.209 e. The van der Waals surface area contributed by atoms with Crippen molar-refractivity contribution in [2.45, 2.75) is 36.5 Å². The molecule has 1 aliphatic heterocycles. The van der Waals surface area contributed by atoms with Crippen molar-refractivity contribution >= 4 is 11.8 Å². The minimum atomic E-state index is 0.474. The minimum Gasteiger partial charge on any atom is -0.381 e. The van der Waals surface area contributed by atoms with Crippen LogP contribution in [0.25, 0.3) is 0 Å². The molecule has 2 aliphatic rings. The van der Waals surface area contributed by atoms with E-state index in [1.165, 1.54) is 12.8 Å². The van der Waals surface area contributed by atoms with Gasteiger partial charge in [0.25, 0.3) is 0 Å². The third-order valence-corrected chi connectivity index (χ3v) is 4.70. The Bertz CT molecular complexity index is 389. The Morgan fingerprint density at radius 2 is 2.39 bits per heavy atom. The number of nitrogens with zero attached hydrogens (tertiary/aromatic N) is 4. The van der Waals surface area contributed by atoms with Gasteiger partial charge in [-0.25, -0.2) is 4.68 Å². The van der Waals surface area contributed by atoms with Gasteiger partial charge in [0.1, 0.15) is 0 Å². The lowest BCUT2D eigenvalue weighted by atomic mass is 10.0. The van der Waals surface area contributed by atoms with Crippen molar-refractivity contribution in [2.24, 2.45) is 5.92 Å². The molecule has 2 unspecified atom stereocenters. The molecule has 2 fully saturated rings. The lowest BCUT2D eigenvalue weighted by molar-refractivity contribution is 0.179. The molecule has 1 saturated heterocycles. The van der Waals surface area contributed by atoms with Crippen LogP contribution in [0.2, 0.25) is 0 Å². The number of tetrazole rings is 1. The van der Waals surface area contributed by atoms with Gasteiger partial charge in [0.05, 0.1) is 12.6 Å². The first kappa shape index (κ1) is 12.4. The fourth-order valence-corrected chi connectivity index (χ4v) is 3.50. The van der Waals surface area contributed by atoms with Gasteiger partial charge in [-0.2, -0.15) is 0 Å². The van der Waals surface area contributed by atoms with Gasteiger partial charge < -0.3 is 10.1 Å². The highest BCUT2D eigenvalue weighted by Gasteiger charge is 2.29. The van der Waals surface area contributed by atoms with Crippen molar-refractivity contribution in [1.82, 2.24) is 25.5 Å². The molecule has 0 amide bonds. The third-order valence-electron chi connectivity index (χ3n) is 3.65. The highest BCUT2D eigenvalue weighted by atomic mass is 32.2. The fraction of sp³-hybridized carbons (Fsp3) is 0.909. The van der Waals surface area contributed by atoms with Crippen LogP contribution in [0.3, 0.4) is 0 Å². The Morgan fingerprint density at radius 3 is 3.06 bits per heavy atom. The van der Waals surface area contributed by atoms with E-state index >= 15 is 0 Å². The van der Waals surface area contributed by atoms with Crippen molar-refractivity contribution in [3.8, 4) is 0 Å². The molecule has 1 saturated carbocycles. The summed E-state index contributed by atoms with van der Waals surface area (Å²) in [6.07, 6.45) is 3.58. The Morgan fingerprint density at radius 1 is 1.50 bits per heavy atom. The molecule has 2 atom stereocenters. The molecule has 1 aromatic rings. The summed E-state index contributed by atoms with van der Waals surface area (Å²) in [5.74, 6) is 1.62. The second-order valence-corrected chi connectivity index (χ2v) is 5.95. The number of thioether (sulfide) groups is 1. The summed E-state index contributed by atoms with van der Waals surface area (Å²) in [4.78, 5) is 0. The lowest BCUT2D eigenvalue weighted by Gasteiger charge is -2.20. The van der Waals surface area contributed by atoms with E-state index in [0.29, 0.717) is 18.0 Å². The molecule has 2 heterocycles. The lowest BCUT2D eigenvalue weighted by Crippen LogP contribution is -2.36. The predicted octanol–water partition coefficient (Wildman–Crippen LogP) is 0.725. The molecule has 18 heavy (non-hydrogen) atoms. The highest BCUT2D eigenvalue weighted by molar-refractivity contribution is 7.99. The van der Waals surface area contributed by atoms with E-state index in [2.05, 4.69) is 20.8 Å². The van der Waals surface area contributed by atoms with Gasteiger partial charge in [-0.1, -0.05) is 11.8 Å². The Kier molecular flexibility index (Phi) is 3.81. The van der Waals surface area contributed by atoms with Crippen molar-refractivity contribution in [3.05, 3.63) is 0 Å². The molecule has 0 radical (unpaired) electrons. The average molecular weight is 269 g/mol. The van der Waals surface area contributed by atoms with E-state index < -0.39 is 0 Å². The quantitative estimate of drug-likeness (QED) is 0.768. The van der Waals surface area contributed by atoms with Gasteiger partial charge >= 0.3 is 0 Å². The molecule has 1 aliphatic carbocycles. The van der Waals surface area contributed by atoms with Gasteiger partial charge in [0.15, 0.2) is 0 Å². The fourth-order valence-electron chi connectivity index (χ4n) is 2.32. The largest absolute Gasteiger partial charge is 0.381 e. The first-order valence-electron chi connectivity index (χ1n) is 6.54. The molecule has 1 N–H and O–H groups in total. The molecule has 6 nitrogen and oxygen atoms in total. The monoisotopic (exact) mass is 269 g/mol. The molecule has 1 aromatic heterocycles. The van der Waals surface area contributed by atoms with E-state index in [1.54, 1.807) is 11.8 Å². The van der Waals surface area contributed by atoms with Crippen LogP contribution in [0.1, 0.15) is 25.3 Å². The summed E-state index contributed by atoms with van der Waals surface area (Å²) >= 11 is 1.75. The van der Waals surface area contributed by atoms with E-state index in [9.17, 15) is 0 Å². The van der Waals surface area contributed by atoms with Crippen LogP contribution in [0.15, 0.2) is 5.16 Å². The zero-order chi connectivity index (χ0) is 12.4. The summed E-state index contributed by atoms with van der Waals surface area (Å²) in [5.41, 5.74) is 0. The molecular weight excluding hydrogens is 250 g/mol. The Balaban J connectivity index is 1.56. The maximum Gasteiger partial charge on any atom is 0.209 e. The number of hydrogen-bond acceptors (Lipinski definition) is 6. The molecule has 0 aromatic carbocycles. The SMILES string of the molecule is CNC(CSc1nnnn1C1CC1)C1CCOC1. The van der Waals surface area contributed by atoms with Gasteiger partial charge in [-0.3, -0.25) is 0 Å². The predicted molar refractivity (Wildman–Crippen MR) is 68.6 cm³/mol. The first-order valence-corrected chi connectivity index (χ1v) is 7.52. The van der Waals surface area contributed by atoms with Gasteiger partial charge in [-0.15, -0.1) is 5.10 Å². The molecule has 3 rings (SSSR count). The van der Waals surface area contributed by atoms with Crippen molar-refractivity contribution in [1.29, 1.82) is 0 Å². The van der Waals surface area contributed by atoms with E-state index in [-0.39, 0.29) is 0 Å². The van der Waals surface area contributed by atoms with Crippen LogP contribution in [0, 0.1) is 5.92 Å². The highest BCUT2D eigenvalue weighted by Crippen LogP contribution is 2.36. The number of rotatable bonds is 6. The molecule has 0 spiro atoms. The van der Waals surface area contributed by atoms with E-state index in [4.69, 9.17) is 4.74 Å². The number of ether oxygens (including phenoxy) is 1.